The lowest BCUT2D eigenvalue weighted by molar-refractivity contribution is -0.140. The maximum Gasteiger partial charge on any atom is 0.419 e. The van der Waals surface area contributed by atoms with Crippen LogP contribution in [-0.4, -0.2) is 7.05 Å². The smallest absolute Gasteiger partial charge is 0.311 e. The fraction of sp³-hybridized carbons (Fsp3) is 0.455. The van der Waals surface area contributed by atoms with E-state index in [0.29, 0.717) is 0 Å². The Morgan fingerprint density at radius 1 is 1.06 bits per heavy atom. The van der Waals surface area contributed by atoms with Gasteiger partial charge in [0.15, 0.2) is 0 Å². The summed E-state index contributed by atoms with van der Waals surface area (Å²) in [5, 5.41) is 2.77. The Morgan fingerprint density at radius 3 is 2.00 bits per heavy atom. The Labute approximate surface area is 91.5 Å². The van der Waals surface area contributed by atoms with Crippen LogP contribution in [-0.2, 0) is 11.7 Å². The minimum atomic E-state index is -4.66. The third kappa shape index (κ3) is 2.35. The Hall–Kier alpha value is -1.10. The summed E-state index contributed by atoms with van der Waals surface area (Å²) < 4.78 is 51.1. The summed E-state index contributed by atoms with van der Waals surface area (Å²) in [7, 11) is 1.57. The van der Waals surface area contributed by atoms with Crippen LogP contribution < -0.4 is 5.32 Å². The van der Waals surface area contributed by atoms with E-state index in [1.165, 1.54) is 12.1 Å². The van der Waals surface area contributed by atoms with Gasteiger partial charge in [-0.25, -0.2) is 4.39 Å². The first-order chi connectivity index (χ1) is 7.20. The van der Waals surface area contributed by atoms with Crippen molar-refractivity contribution in [2.45, 2.75) is 25.6 Å². The van der Waals surface area contributed by atoms with Crippen LogP contribution in [0.4, 0.5) is 17.6 Å². The predicted molar refractivity (Wildman–Crippen MR) is 53.5 cm³/mol. The number of halogens is 4. The molecule has 0 aliphatic carbocycles. The van der Waals surface area contributed by atoms with Crippen LogP contribution in [0.5, 0.6) is 0 Å². The van der Waals surface area contributed by atoms with Crippen molar-refractivity contribution in [3.63, 3.8) is 0 Å². The molecule has 0 fully saturated rings. The first-order valence-electron chi connectivity index (χ1n) is 4.75. The van der Waals surface area contributed by atoms with Crippen LogP contribution in [0.15, 0.2) is 18.2 Å². The molecule has 0 radical (unpaired) electrons. The molecule has 5 heteroatoms. The number of alkyl halides is 3. The molecule has 0 amide bonds. The molecule has 1 nitrogen and oxygen atoms in total. The standard InChI is InChI=1S/C11H13F4N/c1-10(2,16-3)7-5-4-6-8(9(7)12)11(13,14)15/h4-6,16H,1-3H3. The van der Waals surface area contributed by atoms with E-state index in [0.717, 1.165) is 6.07 Å². The van der Waals surface area contributed by atoms with Gasteiger partial charge in [0, 0.05) is 11.1 Å². The molecule has 0 spiro atoms. The average Bonchev–Trinajstić information content (AvgIpc) is 2.16. The molecule has 1 N–H and O–H groups in total. The molecule has 0 saturated heterocycles. The molecule has 1 aromatic carbocycles. The van der Waals surface area contributed by atoms with Crippen molar-refractivity contribution in [3.05, 3.63) is 35.1 Å². The normalized spacial score (nSPS) is 12.9. The topological polar surface area (TPSA) is 12.0 Å². The van der Waals surface area contributed by atoms with Crippen LogP contribution in [0.25, 0.3) is 0 Å². The van der Waals surface area contributed by atoms with Gasteiger partial charge in [0.2, 0.25) is 0 Å². The first-order valence-corrected chi connectivity index (χ1v) is 4.75. The highest BCUT2D eigenvalue weighted by Gasteiger charge is 2.36. The minimum absolute atomic E-state index is 0.00447. The van der Waals surface area contributed by atoms with E-state index in [4.69, 9.17) is 0 Å². The lowest BCUT2D eigenvalue weighted by Crippen LogP contribution is -2.34. The molecule has 0 heterocycles. The molecule has 16 heavy (non-hydrogen) atoms. The molecule has 1 rings (SSSR count). The molecule has 0 saturated carbocycles. The highest BCUT2D eigenvalue weighted by Crippen LogP contribution is 2.34. The van der Waals surface area contributed by atoms with Crippen LogP contribution >= 0.6 is 0 Å². The summed E-state index contributed by atoms with van der Waals surface area (Å²) in [6.45, 7) is 3.23. The number of nitrogens with one attached hydrogen (secondary N) is 1. The van der Waals surface area contributed by atoms with Crippen molar-refractivity contribution in [2.75, 3.05) is 7.05 Å². The molecule has 0 aromatic heterocycles. The Morgan fingerprint density at radius 2 is 1.56 bits per heavy atom. The second kappa shape index (κ2) is 4.05. The van der Waals surface area contributed by atoms with Gasteiger partial charge in [0.05, 0.1) is 5.56 Å². The summed E-state index contributed by atoms with van der Waals surface area (Å²) in [4.78, 5) is 0. The highest BCUT2D eigenvalue weighted by atomic mass is 19.4. The molecule has 90 valence electrons. The lowest BCUT2D eigenvalue weighted by Gasteiger charge is -2.26. The zero-order valence-corrected chi connectivity index (χ0v) is 9.24. The molecule has 0 aliphatic rings. The van der Waals surface area contributed by atoms with Gasteiger partial charge in [-0.05, 0) is 27.0 Å². The number of hydrogen-bond donors (Lipinski definition) is 1. The van der Waals surface area contributed by atoms with E-state index in [9.17, 15) is 17.6 Å². The maximum absolute atomic E-state index is 13.7. The molecule has 0 aliphatic heterocycles. The summed E-state index contributed by atoms with van der Waals surface area (Å²) in [6, 6.07) is 3.30. The van der Waals surface area contributed by atoms with Gasteiger partial charge in [-0.1, -0.05) is 12.1 Å². The van der Waals surface area contributed by atoms with E-state index in [1.54, 1.807) is 20.9 Å². The summed E-state index contributed by atoms with van der Waals surface area (Å²) >= 11 is 0. The molecule has 0 unspecified atom stereocenters. The highest BCUT2D eigenvalue weighted by molar-refractivity contribution is 5.32. The fourth-order valence-electron chi connectivity index (χ4n) is 1.37. The van der Waals surface area contributed by atoms with Crippen molar-refractivity contribution in [1.82, 2.24) is 5.32 Å². The van der Waals surface area contributed by atoms with Crippen molar-refractivity contribution >= 4 is 0 Å². The molecule has 0 bridgehead atoms. The monoisotopic (exact) mass is 235 g/mol. The van der Waals surface area contributed by atoms with Crippen LogP contribution in [0, 0.1) is 5.82 Å². The van der Waals surface area contributed by atoms with Gasteiger partial charge in [-0.15, -0.1) is 0 Å². The largest absolute Gasteiger partial charge is 0.419 e. The summed E-state index contributed by atoms with van der Waals surface area (Å²) in [6.07, 6.45) is -4.66. The van der Waals surface area contributed by atoms with Gasteiger partial charge < -0.3 is 5.32 Å². The lowest BCUT2D eigenvalue weighted by atomic mass is 9.92. The SMILES string of the molecule is CNC(C)(C)c1cccc(C(F)(F)F)c1F. The third-order valence-corrected chi connectivity index (χ3v) is 2.60. The van der Waals surface area contributed by atoms with Crippen molar-refractivity contribution in [1.29, 1.82) is 0 Å². The first kappa shape index (κ1) is 13.0. The van der Waals surface area contributed by atoms with E-state index in [-0.39, 0.29) is 5.56 Å². The Kier molecular flexibility index (Phi) is 3.28. The minimum Gasteiger partial charge on any atom is -0.311 e. The van der Waals surface area contributed by atoms with Gasteiger partial charge in [0.1, 0.15) is 5.82 Å². The van der Waals surface area contributed by atoms with Gasteiger partial charge in [0.25, 0.3) is 0 Å². The third-order valence-electron chi connectivity index (χ3n) is 2.60. The van der Waals surface area contributed by atoms with Crippen molar-refractivity contribution in [2.24, 2.45) is 0 Å². The second-order valence-corrected chi connectivity index (χ2v) is 4.04. The molecule has 1 aromatic rings. The predicted octanol–water partition coefficient (Wildman–Crippen LogP) is 3.30. The molecule has 0 atom stereocenters. The summed E-state index contributed by atoms with van der Waals surface area (Å²) in [5.41, 5.74) is -2.07. The quantitative estimate of drug-likeness (QED) is 0.775. The van der Waals surface area contributed by atoms with Crippen LogP contribution in [0.3, 0.4) is 0 Å². The summed E-state index contributed by atoms with van der Waals surface area (Å²) in [5.74, 6) is -1.21. The number of rotatable bonds is 2. The Balaban J connectivity index is 3.36. The molecular weight excluding hydrogens is 222 g/mol. The van der Waals surface area contributed by atoms with Crippen molar-refractivity contribution < 1.29 is 17.6 Å². The zero-order chi connectivity index (χ0) is 12.6. The van der Waals surface area contributed by atoms with E-state index in [1.807, 2.05) is 0 Å². The average molecular weight is 235 g/mol. The maximum atomic E-state index is 13.7. The van der Waals surface area contributed by atoms with E-state index < -0.39 is 23.1 Å². The second-order valence-electron chi connectivity index (χ2n) is 4.04. The van der Waals surface area contributed by atoms with Gasteiger partial charge in [-0.2, -0.15) is 13.2 Å². The van der Waals surface area contributed by atoms with E-state index >= 15 is 0 Å². The number of benzene rings is 1. The van der Waals surface area contributed by atoms with Gasteiger partial charge in [-0.3, -0.25) is 0 Å². The van der Waals surface area contributed by atoms with Gasteiger partial charge >= 0.3 is 6.18 Å². The fourth-order valence-corrected chi connectivity index (χ4v) is 1.37. The Bertz CT molecular complexity index is 382. The van der Waals surface area contributed by atoms with E-state index in [2.05, 4.69) is 5.32 Å². The van der Waals surface area contributed by atoms with Crippen molar-refractivity contribution in [3.8, 4) is 0 Å². The number of hydrogen-bond acceptors (Lipinski definition) is 1. The molecular formula is C11H13F4N. The van der Waals surface area contributed by atoms with Crippen LogP contribution in [0.2, 0.25) is 0 Å². The zero-order valence-electron chi connectivity index (χ0n) is 9.24. The van der Waals surface area contributed by atoms with Crippen LogP contribution in [0.1, 0.15) is 25.0 Å².